The minimum atomic E-state index is 0.539. The van der Waals surface area contributed by atoms with E-state index in [0.717, 1.165) is 23.6 Å². The maximum absolute atomic E-state index is 5.66. The lowest BCUT2D eigenvalue weighted by Crippen LogP contribution is -2.10. The van der Waals surface area contributed by atoms with Crippen molar-refractivity contribution >= 4 is 0 Å². The molecular weight excluding hydrogens is 260 g/mol. The van der Waals surface area contributed by atoms with Crippen LogP contribution in [0.1, 0.15) is 43.4 Å². The number of nitrogens with zero attached hydrogens (tertiary/aromatic N) is 2. The average Bonchev–Trinajstić information content (AvgIpc) is 2.56. The molecule has 0 N–H and O–H groups in total. The molecule has 3 heteroatoms. The molecule has 1 saturated carbocycles. The highest BCUT2D eigenvalue weighted by atomic mass is 16.5. The first-order chi connectivity index (χ1) is 10.4. The first-order valence-corrected chi connectivity index (χ1v) is 7.89. The molecule has 2 aromatic rings. The Morgan fingerprint density at radius 1 is 0.905 bits per heavy atom. The van der Waals surface area contributed by atoms with Crippen LogP contribution in [0.5, 0.6) is 5.88 Å². The van der Waals surface area contributed by atoms with Crippen LogP contribution in [-0.2, 0) is 13.0 Å². The van der Waals surface area contributed by atoms with Crippen LogP contribution in [0.25, 0.3) is 0 Å². The Morgan fingerprint density at radius 3 is 2.43 bits per heavy atom. The SMILES string of the molecule is c1ccc(COc2ccc(CC3CCCCC3)nn2)cc1. The molecule has 3 nitrogen and oxygen atoms in total. The van der Waals surface area contributed by atoms with Crippen LogP contribution in [0, 0.1) is 5.92 Å². The Labute approximate surface area is 126 Å². The maximum atomic E-state index is 5.66. The van der Waals surface area contributed by atoms with Crippen molar-refractivity contribution < 1.29 is 4.74 Å². The number of aromatic nitrogens is 2. The smallest absolute Gasteiger partial charge is 0.233 e. The van der Waals surface area contributed by atoms with E-state index < -0.39 is 0 Å². The first kappa shape index (κ1) is 14.1. The Kier molecular flexibility index (Phi) is 4.82. The lowest BCUT2D eigenvalue weighted by molar-refractivity contribution is 0.289. The second-order valence-corrected chi connectivity index (χ2v) is 5.85. The Hall–Kier alpha value is -1.90. The number of benzene rings is 1. The van der Waals surface area contributed by atoms with Gasteiger partial charge in [0.1, 0.15) is 6.61 Å². The molecule has 3 rings (SSSR count). The summed E-state index contributed by atoms with van der Waals surface area (Å²) >= 11 is 0. The zero-order chi connectivity index (χ0) is 14.3. The third kappa shape index (κ3) is 4.28. The zero-order valence-corrected chi connectivity index (χ0v) is 12.4. The fourth-order valence-electron chi connectivity index (χ4n) is 2.95. The van der Waals surface area contributed by atoms with Gasteiger partial charge >= 0.3 is 0 Å². The van der Waals surface area contributed by atoms with Gasteiger partial charge in [0, 0.05) is 6.07 Å². The molecule has 110 valence electrons. The van der Waals surface area contributed by atoms with Crippen molar-refractivity contribution in [2.24, 2.45) is 5.92 Å². The van der Waals surface area contributed by atoms with Crippen molar-refractivity contribution in [1.29, 1.82) is 0 Å². The summed E-state index contributed by atoms with van der Waals surface area (Å²) in [7, 11) is 0. The van der Waals surface area contributed by atoms with Crippen LogP contribution >= 0.6 is 0 Å². The fraction of sp³-hybridized carbons (Fsp3) is 0.444. The molecule has 0 unspecified atom stereocenters. The van der Waals surface area contributed by atoms with Crippen molar-refractivity contribution in [1.82, 2.24) is 10.2 Å². The topological polar surface area (TPSA) is 35.0 Å². The summed E-state index contributed by atoms with van der Waals surface area (Å²) in [6.45, 7) is 0.539. The third-order valence-corrected chi connectivity index (χ3v) is 4.15. The molecule has 0 spiro atoms. The monoisotopic (exact) mass is 282 g/mol. The van der Waals surface area contributed by atoms with Gasteiger partial charge in [-0.25, -0.2) is 0 Å². The summed E-state index contributed by atoms with van der Waals surface area (Å²) in [4.78, 5) is 0. The minimum absolute atomic E-state index is 0.539. The lowest BCUT2D eigenvalue weighted by atomic mass is 9.86. The molecule has 1 fully saturated rings. The summed E-state index contributed by atoms with van der Waals surface area (Å²) < 4.78 is 5.66. The summed E-state index contributed by atoms with van der Waals surface area (Å²) in [5.74, 6) is 1.40. The first-order valence-electron chi connectivity index (χ1n) is 7.89. The molecule has 0 radical (unpaired) electrons. The van der Waals surface area contributed by atoms with Crippen LogP contribution in [0.4, 0.5) is 0 Å². The fourth-order valence-corrected chi connectivity index (χ4v) is 2.95. The van der Waals surface area contributed by atoms with Crippen molar-refractivity contribution in [3.05, 3.63) is 53.7 Å². The van der Waals surface area contributed by atoms with Crippen LogP contribution in [0.2, 0.25) is 0 Å². The summed E-state index contributed by atoms with van der Waals surface area (Å²) in [6, 6.07) is 14.1. The van der Waals surface area contributed by atoms with E-state index in [9.17, 15) is 0 Å². The van der Waals surface area contributed by atoms with Crippen LogP contribution in [-0.4, -0.2) is 10.2 Å². The zero-order valence-electron chi connectivity index (χ0n) is 12.4. The summed E-state index contributed by atoms with van der Waals surface area (Å²) in [5, 5.41) is 8.50. The van der Waals surface area contributed by atoms with Crippen molar-refractivity contribution in [2.75, 3.05) is 0 Å². The quantitative estimate of drug-likeness (QED) is 0.825. The van der Waals surface area contributed by atoms with E-state index in [0.29, 0.717) is 12.5 Å². The molecule has 0 saturated heterocycles. The van der Waals surface area contributed by atoms with E-state index in [1.54, 1.807) is 0 Å². The van der Waals surface area contributed by atoms with Gasteiger partial charge < -0.3 is 4.74 Å². The van der Waals surface area contributed by atoms with E-state index in [2.05, 4.69) is 16.3 Å². The molecule has 1 aromatic carbocycles. The minimum Gasteiger partial charge on any atom is -0.472 e. The van der Waals surface area contributed by atoms with Crippen LogP contribution in [0.15, 0.2) is 42.5 Å². The van der Waals surface area contributed by atoms with Gasteiger partial charge in [0.15, 0.2) is 0 Å². The maximum Gasteiger partial charge on any atom is 0.233 e. The molecule has 0 aliphatic heterocycles. The number of hydrogen-bond acceptors (Lipinski definition) is 3. The van der Waals surface area contributed by atoms with Gasteiger partial charge in [-0.1, -0.05) is 62.4 Å². The van der Waals surface area contributed by atoms with E-state index in [1.165, 1.54) is 32.1 Å². The number of rotatable bonds is 5. The molecule has 0 amide bonds. The van der Waals surface area contributed by atoms with Crippen molar-refractivity contribution in [3.8, 4) is 5.88 Å². The van der Waals surface area contributed by atoms with Gasteiger partial charge in [-0.3, -0.25) is 0 Å². The van der Waals surface area contributed by atoms with E-state index >= 15 is 0 Å². The van der Waals surface area contributed by atoms with Gasteiger partial charge in [-0.2, -0.15) is 5.10 Å². The Balaban J connectivity index is 1.51. The van der Waals surface area contributed by atoms with Gasteiger partial charge in [-0.05, 0) is 24.0 Å². The highest BCUT2D eigenvalue weighted by Gasteiger charge is 2.14. The van der Waals surface area contributed by atoms with E-state index in [4.69, 9.17) is 4.74 Å². The van der Waals surface area contributed by atoms with Crippen LogP contribution in [0.3, 0.4) is 0 Å². The molecule has 1 aliphatic carbocycles. The highest BCUT2D eigenvalue weighted by Crippen LogP contribution is 2.26. The van der Waals surface area contributed by atoms with E-state index in [1.807, 2.05) is 36.4 Å². The van der Waals surface area contributed by atoms with Gasteiger partial charge in [0.05, 0.1) is 5.69 Å². The Bertz CT molecular complexity index is 533. The van der Waals surface area contributed by atoms with Crippen molar-refractivity contribution in [2.45, 2.75) is 45.1 Å². The molecule has 1 aromatic heterocycles. The Morgan fingerprint density at radius 2 is 1.71 bits per heavy atom. The predicted octanol–water partition coefficient (Wildman–Crippen LogP) is 4.18. The number of ether oxygens (including phenoxy) is 1. The molecule has 0 atom stereocenters. The normalized spacial score (nSPS) is 15.8. The molecule has 1 heterocycles. The summed E-state index contributed by atoms with van der Waals surface area (Å²) in [6.07, 6.45) is 7.88. The number of hydrogen-bond donors (Lipinski definition) is 0. The second-order valence-electron chi connectivity index (χ2n) is 5.85. The molecule has 21 heavy (non-hydrogen) atoms. The van der Waals surface area contributed by atoms with Crippen molar-refractivity contribution in [3.63, 3.8) is 0 Å². The summed E-state index contributed by atoms with van der Waals surface area (Å²) in [5.41, 5.74) is 2.24. The largest absolute Gasteiger partial charge is 0.472 e. The van der Waals surface area contributed by atoms with Gasteiger partial charge in [-0.15, -0.1) is 5.10 Å². The molecule has 1 aliphatic rings. The molecule has 0 bridgehead atoms. The highest BCUT2D eigenvalue weighted by molar-refractivity contribution is 5.16. The second kappa shape index (κ2) is 7.21. The average molecular weight is 282 g/mol. The van der Waals surface area contributed by atoms with E-state index in [-0.39, 0.29) is 0 Å². The standard InChI is InChI=1S/C18H22N2O/c1-3-7-15(8-4-1)13-17-11-12-18(20-19-17)21-14-16-9-5-2-6-10-16/h2,5-6,9-12,15H,1,3-4,7-8,13-14H2. The predicted molar refractivity (Wildman–Crippen MR) is 83.1 cm³/mol. The van der Waals surface area contributed by atoms with Crippen LogP contribution < -0.4 is 4.74 Å². The lowest BCUT2D eigenvalue weighted by Gasteiger charge is -2.20. The molecular formula is C18H22N2O. The van der Waals surface area contributed by atoms with Gasteiger partial charge in [0.25, 0.3) is 0 Å². The third-order valence-electron chi connectivity index (χ3n) is 4.15. The van der Waals surface area contributed by atoms with Gasteiger partial charge in [0.2, 0.25) is 5.88 Å².